The third kappa shape index (κ3) is 3.34. The van der Waals surface area contributed by atoms with Gasteiger partial charge in [0, 0.05) is 10.5 Å². The number of nitrogens with one attached hydrogen (secondary N) is 2. The number of nitriles is 1. The first kappa shape index (κ1) is 13.3. The minimum absolute atomic E-state index is 0.131. The van der Waals surface area contributed by atoms with Crippen LogP contribution in [0.5, 0.6) is 5.75 Å². The van der Waals surface area contributed by atoms with Gasteiger partial charge in [0.15, 0.2) is 5.84 Å². The van der Waals surface area contributed by atoms with Crippen molar-refractivity contribution in [3.63, 3.8) is 0 Å². The fourth-order valence-electron chi connectivity index (χ4n) is 0.885. The van der Waals surface area contributed by atoms with Crippen LogP contribution in [0.2, 0.25) is 5.02 Å². The van der Waals surface area contributed by atoms with Gasteiger partial charge in [0.2, 0.25) is 5.71 Å². The highest BCUT2D eigenvalue weighted by molar-refractivity contribution is 9.10. The molecule has 0 saturated heterocycles. The molecule has 1 aromatic rings. The summed E-state index contributed by atoms with van der Waals surface area (Å²) in [6.07, 6.45) is 0. The summed E-state index contributed by atoms with van der Waals surface area (Å²) in [7, 11) is 0. The van der Waals surface area contributed by atoms with Crippen LogP contribution in [0, 0.1) is 16.7 Å². The molecule has 0 aliphatic rings. The van der Waals surface area contributed by atoms with Gasteiger partial charge >= 0.3 is 0 Å². The largest absolute Gasteiger partial charge is 0.506 e. The van der Waals surface area contributed by atoms with Gasteiger partial charge in [0.1, 0.15) is 11.8 Å². The van der Waals surface area contributed by atoms with Crippen molar-refractivity contribution in [2.24, 2.45) is 10.8 Å². The second-order valence-corrected chi connectivity index (χ2v) is 4.14. The highest BCUT2D eigenvalue weighted by Gasteiger charge is 2.06. The van der Waals surface area contributed by atoms with Crippen LogP contribution in [0.1, 0.15) is 0 Å². The van der Waals surface area contributed by atoms with E-state index >= 15 is 0 Å². The molecule has 88 valence electrons. The highest BCUT2D eigenvalue weighted by atomic mass is 79.9. The number of amidine groups is 1. The lowest BCUT2D eigenvalue weighted by molar-refractivity contribution is 0.476. The average molecular weight is 317 g/mol. The second kappa shape index (κ2) is 5.52. The molecule has 0 fully saturated rings. The van der Waals surface area contributed by atoms with Crippen LogP contribution in [0.4, 0.5) is 5.69 Å². The number of aromatic hydroxyl groups is 1. The number of nitrogens with zero attached hydrogens (tertiary/aromatic N) is 2. The predicted octanol–water partition coefficient (Wildman–Crippen LogP) is 2.04. The maximum absolute atomic E-state index is 9.38. The normalized spacial score (nSPS) is 10.8. The van der Waals surface area contributed by atoms with Gasteiger partial charge in [0.05, 0.1) is 10.7 Å². The van der Waals surface area contributed by atoms with Gasteiger partial charge < -0.3 is 10.8 Å². The number of phenols is 1. The van der Waals surface area contributed by atoms with E-state index in [1.165, 1.54) is 12.1 Å². The minimum atomic E-state index is -0.450. The lowest BCUT2D eigenvalue weighted by Gasteiger charge is -2.06. The van der Waals surface area contributed by atoms with Gasteiger partial charge in [-0.05, 0) is 22.0 Å². The van der Waals surface area contributed by atoms with Crippen LogP contribution in [0.3, 0.4) is 0 Å². The molecule has 0 atom stereocenters. The van der Waals surface area contributed by atoms with Crippen LogP contribution in [-0.4, -0.2) is 16.7 Å². The lowest BCUT2D eigenvalue weighted by atomic mass is 10.3. The molecule has 8 heteroatoms. The Morgan fingerprint density at radius 1 is 1.65 bits per heavy atom. The summed E-state index contributed by atoms with van der Waals surface area (Å²) in [6, 6.07) is 4.44. The summed E-state index contributed by atoms with van der Waals surface area (Å²) >= 11 is 8.87. The summed E-state index contributed by atoms with van der Waals surface area (Å²) in [5.41, 5.74) is 7.74. The molecule has 0 aliphatic carbocycles. The number of rotatable bonds is 3. The van der Waals surface area contributed by atoms with Gasteiger partial charge in [-0.3, -0.25) is 10.8 Å². The van der Waals surface area contributed by atoms with Crippen molar-refractivity contribution in [2.75, 3.05) is 5.43 Å². The molecular weight excluding hydrogens is 309 g/mol. The monoisotopic (exact) mass is 315 g/mol. The second-order valence-electron chi connectivity index (χ2n) is 2.88. The van der Waals surface area contributed by atoms with Gasteiger partial charge in [-0.15, -0.1) is 0 Å². The number of anilines is 1. The predicted molar refractivity (Wildman–Crippen MR) is 69.4 cm³/mol. The molecule has 0 amide bonds. The number of benzene rings is 1. The van der Waals surface area contributed by atoms with Gasteiger partial charge in [-0.2, -0.15) is 10.4 Å². The van der Waals surface area contributed by atoms with E-state index in [1.807, 2.05) is 0 Å². The van der Waals surface area contributed by atoms with Crippen molar-refractivity contribution in [2.45, 2.75) is 0 Å². The van der Waals surface area contributed by atoms with Crippen LogP contribution >= 0.6 is 27.5 Å². The van der Waals surface area contributed by atoms with Crippen LogP contribution < -0.4 is 11.2 Å². The topological polar surface area (TPSA) is 118 Å². The maximum Gasteiger partial charge on any atom is 0.201 e. The molecule has 0 bridgehead atoms. The molecule has 0 unspecified atom stereocenters. The first-order valence-electron chi connectivity index (χ1n) is 4.22. The van der Waals surface area contributed by atoms with Crippen molar-refractivity contribution in [3.8, 4) is 11.8 Å². The maximum atomic E-state index is 9.38. The molecule has 0 saturated carbocycles. The summed E-state index contributed by atoms with van der Waals surface area (Å²) in [4.78, 5) is 0. The Labute approximate surface area is 110 Å². The summed E-state index contributed by atoms with van der Waals surface area (Å²) in [5.74, 6) is -0.580. The van der Waals surface area contributed by atoms with E-state index in [-0.39, 0.29) is 16.5 Å². The smallest absolute Gasteiger partial charge is 0.201 e. The van der Waals surface area contributed by atoms with E-state index in [0.717, 1.165) is 0 Å². The highest BCUT2D eigenvalue weighted by Crippen LogP contribution is 2.33. The Bertz CT molecular complexity index is 537. The van der Waals surface area contributed by atoms with Crippen LogP contribution in [0.15, 0.2) is 21.7 Å². The Balaban J connectivity index is 3.01. The van der Waals surface area contributed by atoms with Crippen LogP contribution in [-0.2, 0) is 0 Å². The molecule has 0 spiro atoms. The van der Waals surface area contributed by atoms with E-state index in [0.29, 0.717) is 10.2 Å². The molecular formula is C9H7BrClN5O. The van der Waals surface area contributed by atoms with E-state index in [9.17, 15) is 5.11 Å². The Morgan fingerprint density at radius 2 is 2.29 bits per heavy atom. The summed E-state index contributed by atoms with van der Waals surface area (Å²) in [6.45, 7) is 0. The van der Waals surface area contributed by atoms with Crippen molar-refractivity contribution in [1.82, 2.24) is 0 Å². The van der Waals surface area contributed by atoms with E-state index in [2.05, 4.69) is 26.5 Å². The molecule has 1 aromatic carbocycles. The fraction of sp³-hybridized carbons (Fsp3) is 0. The number of hydrogen-bond acceptors (Lipinski definition) is 5. The molecule has 0 aromatic heterocycles. The standard InChI is InChI=1S/C9H7BrClN5O/c10-4-1-5(11)8(17)2-6(4)15-16-7(3-12)9(13)14/h1-2,15,17H,(H3,13,14)/b16-7+. The molecule has 1 rings (SSSR count). The number of hydrazone groups is 1. The number of phenolic OH excluding ortho intramolecular Hbond substituents is 1. The molecule has 17 heavy (non-hydrogen) atoms. The van der Waals surface area contributed by atoms with Crippen molar-refractivity contribution in [1.29, 1.82) is 10.7 Å². The van der Waals surface area contributed by atoms with E-state index < -0.39 is 5.84 Å². The zero-order valence-electron chi connectivity index (χ0n) is 8.33. The Morgan fingerprint density at radius 3 is 2.82 bits per heavy atom. The third-order valence-corrected chi connectivity index (χ3v) is 2.64. The zero-order valence-corrected chi connectivity index (χ0v) is 10.7. The third-order valence-electron chi connectivity index (χ3n) is 1.69. The van der Waals surface area contributed by atoms with Crippen molar-refractivity contribution < 1.29 is 5.11 Å². The minimum Gasteiger partial charge on any atom is -0.506 e. The van der Waals surface area contributed by atoms with Gasteiger partial charge in [-0.25, -0.2) is 0 Å². The number of halogens is 2. The molecule has 6 nitrogen and oxygen atoms in total. The summed E-state index contributed by atoms with van der Waals surface area (Å²) in [5, 5.41) is 28.8. The first-order chi connectivity index (χ1) is 7.95. The van der Waals surface area contributed by atoms with E-state index in [1.54, 1.807) is 6.07 Å². The molecule has 5 N–H and O–H groups in total. The lowest BCUT2D eigenvalue weighted by Crippen LogP contribution is -2.21. The van der Waals surface area contributed by atoms with Crippen LogP contribution in [0.25, 0.3) is 0 Å². The number of hydrogen-bond donors (Lipinski definition) is 4. The average Bonchev–Trinajstić information content (AvgIpc) is 2.25. The quantitative estimate of drug-likeness (QED) is 0.387. The van der Waals surface area contributed by atoms with Gasteiger partial charge in [0.25, 0.3) is 0 Å². The van der Waals surface area contributed by atoms with E-state index in [4.69, 9.17) is 28.0 Å². The first-order valence-corrected chi connectivity index (χ1v) is 5.39. The van der Waals surface area contributed by atoms with Crippen molar-refractivity contribution in [3.05, 3.63) is 21.6 Å². The Kier molecular flexibility index (Phi) is 4.31. The zero-order chi connectivity index (χ0) is 13.0. The Hall–Kier alpha value is -1.78. The van der Waals surface area contributed by atoms with Crippen molar-refractivity contribution >= 4 is 44.8 Å². The van der Waals surface area contributed by atoms with Gasteiger partial charge in [-0.1, -0.05) is 11.6 Å². The SMILES string of the molecule is N#C/C(=N\Nc1cc(O)c(Cl)cc1Br)C(=N)N. The molecule has 0 heterocycles. The molecule has 0 radical (unpaired) electrons. The fourth-order valence-corrected chi connectivity index (χ4v) is 1.61. The summed E-state index contributed by atoms with van der Waals surface area (Å²) < 4.78 is 0.546. The molecule has 0 aliphatic heterocycles. The number of nitrogens with two attached hydrogens (primary N) is 1.